The number of hydrogen-bond acceptors (Lipinski definition) is 7. The number of hydrogen-bond donors (Lipinski definition) is 1. The number of halogens is 1. The summed E-state index contributed by atoms with van der Waals surface area (Å²) in [5.74, 6) is 0.310. The fraction of sp³-hybridized carbons (Fsp3) is 0.194. The summed E-state index contributed by atoms with van der Waals surface area (Å²) in [4.78, 5) is 30.4. The van der Waals surface area contributed by atoms with E-state index in [9.17, 15) is 14.0 Å². The number of furan rings is 1. The third kappa shape index (κ3) is 6.52. The Kier molecular flexibility index (Phi) is 8.37. The van der Waals surface area contributed by atoms with Crippen LogP contribution < -0.4 is 15.0 Å². The van der Waals surface area contributed by atoms with Gasteiger partial charge in [-0.1, -0.05) is 48.0 Å². The number of aromatic nitrogens is 4. The Hall–Kier alpha value is -5.32. The summed E-state index contributed by atoms with van der Waals surface area (Å²) in [5, 5.41) is 15.4. The minimum Gasteiger partial charge on any atom is -0.497 e. The quantitative estimate of drug-likeness (QED) is 0.258. The fourth-order valence-electron chi connectivity index (χ4n) is 4.39. The van der Waals surface area contributed by atoms with Crippen LogP contribution in [0.3, 0.4) is 0 Å². The summed E-state index contributed by atoms with van der Waals surface area (Å²) in [6, 6.07) is 22.4. The normalized spacial score (nSPS) is 11.6. The molecule has 0 saturated carbocycles. The van der Waals surface area contributed by atoms with E-state index in [0.717, 1.165) is 11.1 Å². The molecule has 1 N–H and O–H groups in total. The van der Waals surface area contributed by atoms with Gasteiger partial charge in [-0.3, -0.25) is 14.5 Å². The number of nitrogens with one attached hydrogen (secondary N) is 1. The molecule has 2 amide bonds. The molecule has 2 aromatic heterocycles. The third-order valence-corrected chi connectivity index (χ3v) is 6.56. The lowest BCUT2D eigenvalue weighted by atomic mass is 10.1. The molecule has 2 heterocycles. The molecule has 0 unspecified atom stereocenters. The van der Waals surface area contributed by atoms with E-state index in [1.807, 2.05) is 31.2 Å². The molecule has 5 aromatic rings. The highest BCUT2D eigenvalue weighted by Crippen LogP contribution is 2.32. The Morgan fingerprint density at radius 2 is 1.79 bits per heavy atom. The van der Waals surface area contributed by atoms with Gasteiger partial charge in [-0.2, -0.15) is 4.80 Å². The van der Waals surface area contributed by atoms with Crippen molar-refractivity contribution in [2.45, 2.75) is 33.0 Å². The molecular formula is C31H29FN6O4. The number of carbonyl (C=O) groups is 2. The average Bonchev–Trinajstić information content (AvgIpc) is 3.64. The number of rotatable bonds is 10. The van der Waals surface area contributed by atoms with Crippen LogP contribution in [0.25, 0.3) is 11.4 Å². The van der Waals surface area contributed by atoms with E-state index < -0.39 is 17.9 Å². The van der Waals surface area contributed by atoms with E-state index in [4.69, 9.17) is 9.15 Å². The van der Waals surface area contributed by atoms with Crippen molar-refractivity contribution in [2.24, 2.45) is 0 Å². The standard InChI is InChI=1S/C31H29FN6O4/c1-20-7-12-23(13-8-20)30-34-36-37(35-30)19-28(39)38(25-5-4-6-26(17-25)41-3)29(27-16-9-21(2)42-27)31(40)33-18-22-10-14-24(32)15-11-22/h4-17,29H,18-19H2,1-3H3,(H,33,40)/t29-/m0/s1. The first-order chi connectivity index (χ1) is 20.3. The van der Waals surface area contributed by atoms with Gasteiger partial charge in [0.1, 0.15) is 29.6 Å². The zero-order valence-electron chi connectivity index (χ0n) is 23.3. The molecule has 0 saturated heterocycles. The first-order valence-corrected chi connectivity index (χ1v) is 13.2. The number of amides is 2. The lowest BCUT2D eigenvalue weighted by Gasteiger charge is -2.30. The summed E-state index contributed by atoms with van der Waals surface area (Å²) in [7, 11) is 1.51. The Balaban J connectivity index is 1.49. The van der Waals surface area contributed by atoms with Crippen molar-refractivity contribution in [3.8, 4) is 17.1 Å². The van der Waals surface area contributed by atoms with Crippen molar-refractivity contribution < 1.29 is 23.1 Å². The van der Waals surface area contributed by atoms with Gasteiger partial charge in [-0.25, -0.2) is 4.39 Å². The van der Waals surface area contributed by atoms with Crippen molar-refractivity contribution in [3.05, 3.63) is 113 Å². The van der Waals surface area contributed by atoms with Gasteiger partial charge < -0.3 is 14.5 Å². The number of tetrazole rings is 1. The van der Waals surface area contributed by atoms with Gasteiger partial charge in [0.2, 0.25) is 5.82 Å². The van der Waals surface area contributed by atoms with Crippen LogP contribution >= 0.6 is 0 Å². The lowest BCUT2D eigenvalue weighted by Crippen LogP contribution is -2.45. The molecule has 42 heavy (non-hydrogen) atoms. The maximum Gasteiger partial charge on any atom is 0.251 e. The van der Waals surface area contributed by atoms with Gasteiger partial charge in [-0.05, 0) is 61.0 Å². The number of anilines is 1. The van der Waals surface area contributed by atoms with Crippen LogP contribution in [-0.2, 0) is 22.7 Å². The highest BCUT2D eigenvalue weighted by Gasteiger charge is 2.35. The van der Waals surface area contributed by atoms with Crippen molar-refractivity contribution in [1.82, 2.24) is 25.5 Å². The number of methoxy groups -OCH3 is 1. The molecule has 1 atom stereocenters. The topological polar surface area (TPSA) is 115 Å². The number of nitrogens with zero attached hydrogens (tertiary/aromatic N) is 5. The largest absolute Gasteiger partial charge is 0.497 e. The molecule has 0 aliphatic heterocycles. The first-order valence-electron chi connectivity index (χ1n) is 13.2. The van der Waals surface area contributed by atoms with Gasteiger partial charge in [0.25, 0.3) is 11.8 Å². The van der Waals surface area contributed by atoms with E-state index in [0.29, 0.717) is 28.6 Å². The molecule has 0 bridgehead atoms. The van der Waals surface area contributed by atoms with Crippen molar-refractivity contribution >= 4 is 17.5 Å². The van der Waals surface area contributed by atoms with E-state index in [1.54, 1.807) is 55.5 Å². The number of benzene rings is 3. The van der Waals surface area contributed by atoms with Crippen LogP contribution in [0.4, 0.5) is 10.1 Å². The van der Waals surface area contributed by atoms with E-state index in [1.165, 1.54) is 28.9 Å². The Labute approximate surface area is 241 Å². The van der Waals surface area contributed by atoms with Crippen LogP contribution in [0.1, 0.15) is 28.7 Å². The van der Waals surface area contributed by atoms with Crippen LogP contribution in [-0.4, -0.2) is 39.1 Å². The average molecular weight is 569 g/mol. The molecule has 214 valence electrons. The molecule has 0 spiro atoms. The van der Waals surface area contributed by atoms with Gasteiger partial charge in [0, 0.05) is 23.9 Å². The second kappa shape index (κ2) is 12.5. The first kappa shape index (κ1) is 28.2. The molecular weight excluding hydrogens is 539 g/mol. The van der Waals surface area contributed by atoms with Crippen LogP contribution in [0.15, 0.2) is 89.3 Å². The molecule has 0 radical (unpaired) electrons. The van der Waals surface area contributed by atoms with E-state index in [-0.39, 0.29) is 24.7 Å². The molecule has 5 rings (SSSR count). The predicted octanol–water partition coefficient (Wildman–Crippen LogP) is 4.79. The maximum atomic E-state index is 14.0. The summed E-state index contributed by atoms with van der Waals surface area (Å²) in [6.45, 7) is 3.53. The minimum atomic E-state index is -1.20. The Bertz CT molecular complexity index is 1680. The highest BCUT2D eigenvalue weighted by atomic mass is 19.1. The molecule has 10 nitrogen and oxygen atoms in total. The van der Waals surface area contributed by atoms with E-state index in [2.05, 4.69) is 20.7 Å². The molecule has 3 aromatic carbocycles. The predicted molar refractivity (Wildman–Crippen MR) is 153 cm³/mol. The highest BCUT2D eigenvalue weighted by molar-refractivity contribution is 6.01. The molecule has 0 fully saturated rings. The summed E-state index contributed by atoms with van der Waals surface area (Å²) in [5.41, 5.74) is 2.93. The van der Waals surface area contributed by atoms with Crippen molar-refractivity contribution in [3.63, 3.8) is 0 Å². The van der Waals surface area contributed by atoms with E-state index >= 15 is 0 Å². The second-order valence-corrected chi connectivity index (χ2v) is 9.67. The number of ether oxygens (including phenoxy) is 1. The monoisotopic (exact) mass is 568 g/mol. The summed E-state index contributed by atoms with van der Waals surface area (Å²) >= 11 is 0. The fourth-order valence-corrected chi connectivity index (χ4v) is 4.39. The third-order valence-electron chi connectivity index (χ3n) is 6.56. The Morgan fingerprint density at radius 1 is 1.02 bits per heavy atom. The summed E-state index contributed by atoms with van der Waals surface area (Å²) in [6.07, 6.45) is 0. The minimum absolute atomic E-state index is 0.111. The van der Waals surface area contributed by atoms with Gasteiger partial charge in [0.05, 0.1) is 7.11 Å². The summed E-state index contributed by atoms with van der Waals surface area (Å²) < 4.78 is 24.7. The maximum absolute atomic E-state index is 14.0. The lowest BCUT2D eigenvalue weighted by molar-refractivity contribution is -0.127. The zero-order valence-corrected chi connectivity index (χ0v) is 23.3. The SMILES string of the molecule is COc1cccc(N(C(=O)Cn2nnc(-c3ccc(C)cc3)n2)[C@H](C(=O)NCc2ccc(F)cc2)c2ccc(C)o2)c1. The van der Waals surface area contributed by atoms with Gasteiger partial charge >= 0.3 is 0 Å². The van der Waals surface area contributed by atoms with Crippen molar-refractivity contribution in [2.75, 3.05) is 12.0 Å². The van der Waals surface area contributed by atoms with Crippen molar-refractivity contribution in [1.29, 1.82) is 0 Å². The number of carbonyl (C=O) groups excluding carboxylic acids is 2. The Morgan fingerprint density at radius 3 is 2.48 bits per heavy atom. The van der Waals surface area contributed by atoms with Crippen LogP contribution in [0, 0.1) is 19.7 Å². The smallest absolute Gasteiger partial charge is 0.251 e. The van der Waals surface area contributed by atoms with Crippen LogP contribution in [0.2, 0.25) is 0 Å². The van der Waals surface area contributed by atoms with Crippen LogP contribution in [0.5, 0.6) is 5.75 Å². The molecule has 0 aliphatic carbocycles. The zero-order chi connectivity index (χ0) is 29.6. The second-order valence-electron chi connectivity index (χ2n) is 9.67. The number of aryl methyl sites for hydroxylation is 2. The van der Waals surface area contributed by atoms with Gasteiger partial charge in [0.15, 0.2) is 6.04 Å². The molecule has 0 aliphatic rings. The van der Waals surface area contributed by atoms with Gasteiger partial charge in [-0.15, -0.1) is 10.2 Å². The molecule has 11 heteroatoms.